The molecule has 2 atom stereocenters. The van der Waals surface area contributed by atoms with Crippen molar-refractivity contribution in [2.75, 3.05) is 26.2 Å². The number of nitrogens with zero attached hydrogens (tertiary/aromatic N) is 5. The Balaban J connectivity index is 1.34. The predicted octanol–water partition coefficient (Wildman–Crippen LogP) is 6.20. The number of rotatable bonds is 4. The molecular formula is C31H34ClF2N5O. The molecule has 0 saturated carbocycles. The molecular weight excluding hydrogens is 532 g/mol. The topological polar surface area (TPSA) is 65.2 Å². The molecule has 9 heteroatoms. The average Bonchev–Trinajstić information content (AvgIpc) is 3.52. The summed E-state index contributed by atoms with van der Waals surface area (Å²) < 4.78 is 30.4. The van der Waals surface area contributed by atoms with Crippen LogP contribution in [0.5, 0.6) is 0 Å². The number of carbonyl (C=O) groups is 1. The van der Waals surface area contributed by atoms with Gasteiger partial charge in [0, 0.05) is 55.3 Å². The zero-order valence-electron chi connectivity index (χ0n) is 23.3. The number of amides is 1. The highest BCUT2D eigenvalue weighted by atomic mass is 35.5. The summed E-state index contributed by atoms with van der Waals surface area (Å²) in [5, 5.41) is 14.3. The average molecular weight is 566 g/mol. The number of piperidine rings is 1. The maximum atomic E-state index is 14.9. The van der Waals surface area contributed by atoms with E-state index < -0.39 is 17.6 Å². The van der Waals surface area contributed by atoms with Gasteiger partial charge in [-0.3, -0.25) is 9.69 Å². The summed E-state index contributed by atoms with van der Waals surface area (Å²) >= 11 is 6.51. The molecule has 2 aromatic carbocycles. The maximum Gasteiger partial charge on any atom is 0.227 e. The quantitative estimate of drug-likeness (QED) is 0.377. The van der Waals surface area contributed by atoms with Gasteiger partial charge in [-0.1, -0.05) is 17.7 Å². The summed E-state index contributed by atoms with van der Waals surface area (Å²) in [5.41, 5.74) is 3.33. The number of aromatic nitrogens is 2. The van der Waals surface area contributed by atoms with Crippen molar-refractivity contribution in [3.63, 3.8) is 0 Å². The second-order valence-electron chi connectivity index (χ2n) is 12.0. The first-order valence-corrected chi connectivity index (χ1v) is 14.1. The van der Waals surface area contributed by atoms with Gasteiger partial charge in [-0.05, 0) is 76.4 Å². The molecule has 0 spiro atoms. The molecule has 0 unspecified atom stereocenters. The van der Waals surface area contributed by atoms with Crippen molar-refractivity contribution in [3.05, 3.63) is 81.6 Å². The van der Waals surface area contributed by atoms with Crippen LogP contribution in [0.2, 0.25) is 5.02 Å². The molecule has 2 aliphatic rings. The van der Waals surface area contributed by atoms with Crippen LogP contribution in [0.3, 0.4) is 0 Å². The Morgan fingerprint density at radius 1 is 1.07 bits per heavy atom. The first kappa shape index (κ1) is 28.3. The SMILES string of the molecule is Cc1cc(C2CCN(C(=O)[C@@H]3CN(C(C)(C)C)C[C@H]3c3ccc(F)cc3F)CC2)n(-c2ccc(C#N)cc2Cl)n1. The second kappa shape index (κ2) is 10.9. The van der Waals surface area contributed by atoms with Crippen LogP contribution in [0.25, 0.3) is 5.69 Å². The van der Waals surface area contributed by atoms with Gasteiger partial charge >= 0.3 is 0 Å². The minimum atomic E-state index is -0.617. The minimum Gasteiger partial charge on any atom is -0.342 e. The third kappa shape index (κ3) is 5.50. The lowest BCUT2D eigenvalue weighted by molar-refractivity contribution is -0.136. The van der Waals surface area contributed by atoms with Gasteiger partial charge in [0.15, 0.2) is 0 Å². The van der Waals surface area contributed by atoms with Gasteiger partial charge in [0.2, 0.25) is 5.91 Å². The molecule has 2 saturated heterocycles. The van der Waals surface area contributed by atoms with E-state index in [1.54, 1.807) is 12.1 Å². The van der Waals surface area contributed by atoms with Crippen LogP contribution in [-0.4, -0.2) is 57.2 Å². The third-order valence-electron chi connectivity index (χ3n) is 8.34. The van der Waals surface area contributed by atoms with E-state index in [9.17, 15) is 18.8 Å². The first-order valence-electron chi connectivity index (χ1n) is 13.7. The summed E-state index contributed by atoms with van der Waals surface area (Å²) in [4.78, 5) is 18.0. The molecule has 2 fully saturated rings. The summed E-state index contributed by atoms with van der Waals surface area (Å²) in [6.07, 6.45) is 1.52. The number of nitriles is 1. The van der Waals surface area contributed by atoms with Gasteiger partial charge in [-0.15, -0.1) is 0 Å². The molecule has 3 aromatic rings. The molecule has 1 aromatic heterocycles. The van der Waals surface area contributed by atoms with Crippen molar-refractivity contribution < 1.29 is 13.6 Å². The highest BCUT2D eigenvalue weighted by molar-refractivity contribution is 6.32. The Kier molecular flexibility index (Phi) is 7.73. The van der Waals surface area contributed by atoms with Gasteiger partial charge in [-0.2, -0.15) is 10.4 Å². The second-order valence-corrected chi connectivity index (χ2v) is 12.4. The van der Waals surface area contributed by atoms with E-state index >= 15 is 0 Å². The normalized spacial score (nSPS) is 20.6. The number of benzene rings is 2. The van der Waals surface area contributed by atoms with Crippen LogP contribution in [0.4, 0.5) is 8.78 Å². The first-order chi connectivity index (χ1) is 19.0. The highest BCUT2D eigenvalue weighted by Gasteiger charge is 2.45. The molecule has 210 valence electrons. The van der Waals surface area contributed by atoms with E-state index in [1.165, 1.54) is 12.1 Å². The van der Waals surface area contributed by atoms with Crippen molar-refractivity contribution in [2.24, 2.45) is 5.92 Å². The fourth-order valence-electron chi connectivity index (χ4n) is 6.10. The van der Waals surface area contributed by atoms with Crippen LogP contribution in [0, 0.1) is 35.8 Å². The van der Waals surface area contributed by atoms with Crippen molar-refractivity contribution in [2.45, 2.75) is 57.9 Å². The smallest absolute Gasteiger partial charge is 0.227 e. The molecule has 0 radical (unpaired) electrons. The Morgan fingerprint density at radius 2 is 1.80 bits per heavy atom. The van der Waals surface area contributed by atoms with E-state index in [1.807, 2.05) is 22.6 Å². The van der Waals surface area contributed by atoms with E-state index in [2.05, 4.69) is 42.9 Å². The monoisotopic (exact) mass is 565 g/mol. The van der Waals surface area contributed by atoms with Crippen LogP contribution >= 0.6 is 11.6 Å². The van der Waals surface area contributed by atoms with Crippen molar-refractivity contribution in [1.29, 1.82) is 5.26 Å². The molecule has 6 nitrogen and oxygen atoms in total. The number of hydrogen-bond donors (Lipinski definition) is 0. The minimum absolute atomic E-state index is 0.0266. The molecule has 5 rings (SSSR count). The number of carbonyl (C=O) groups excluding carboxylic acids is 1. The molecule has 0 bridgehead atoms. The number of likely N-dealkylation sites (tertiary alicyclic amines) is 2. The molecule has 0 N–H and O–H groups in total. The fourth-order valence-corrected chi connectivity index (χ4v) is 6.36. The van der Waals surface area contributed by atoms with Crippen LogP contribution in [0.15, 0.2) is 42.5 Å². The summed E-state index contributed by atoms with van der Waals surface area (Å²) in [6, 6.07) is 13.0. The van der Waals surface area contributed by atoms with E-state index in [0.29, 0.717) is 42.3 Å². The number of halogens is 3. The molecule has 1 amide bonds. The molecule has 0 aliphatic carbocycles. The lowest BCUT2D eigenvalue weighted by Gasteiger charge is -2.35. The molecule has 2 aliphatic heterocycles. The Hall–Kier alpha value is -3.28. The number of hydrogen-bond acceptors (Lipinski definition) is 4. The van der Waals surface area contributed by atoms with Crippen LogP contribution in [0.1, 0.15) is 68.0 Å². The zero-order valence-corrected chi connectivity index (χ0v) is 24.1. The van der Waals surface area contributed by atoms with E-state index in [4.69, 9.17) is 11.6 Å². The lowest BCUT2D eigenvalue weighted by Crippen LogP contribution is -2.44. The predicted molar refractivity (Wildman–Crippen MR) is 150 cm³/mol. The van der Waals surface area contributed by atoms with E-state index in [0.717, 1.165) is 36.0 Å². The lowest BCUT2D eigenvalue weighted by atomic mass is 9.86. The van der Waals surface area contributed by atoms with Crippen molar-refractivity contribution in [1.82, 2.24) is 19.6 Å². The van der Waals surface area contributed by atoms with Crippen molar-refractivity contribution >= 4 is 17.5 Å². The fraction of sp³-hybridized carbons (Fsp3) is 0.452. The van der Waals surface area contributed by atoms with E-state index in [-0.39, 0.29) is 23.3 Å². The van der Waals surface area contributed by atoms with Crippen LogP contribution in [-0.2, 0) is 4.79 Å². The Morgan fingerprint density at radius 3 is 2.42 bits per heavy atom. The van der Waals surface area contributed by atoms with Gasteiger partial charge < -0.3 is 4.90 Å². The summed E-state index contributed by atoms with van der Waals surface area (Å²) in [5.74, 6) is -1.75. The Bertz CT molecular complexity index is 1470. The summed E-state index contributed by atoms with van der Waals surface area (Å²) in [7, 11) is 0. The standard InChI is InChI=1S/C31H34ClF2N5O/c1-19-13-29(39(36-19)28-8-5-20(16-35)14-26(28)32)21-9-11-37(12-10-21)30(40)25-18-38(31(2,3)4)17-24(25)23-7-6-22(33)15-27(23)34/h5-8,13-15,21,24-25H,9-12,17-18H2,1-4H3/t24-,25+/m0/s1. The largest absolute Gasteiger partial charge is 0.342 e. The highest BCUT2D eigenvalue weighted by Crippen LogP contribution is 2.40. The van der Waals surface area contributed by atoms with Gasteiger partial charge in [0.1, 0.15) is 11.6 Å². The van der Waals surface area contributed by atoms with Gasteiger partial charge in [-0.25, -0.2) is 13.5 Å². The molecule has 3 heterocycles. The third-order valence-corrected chi connectivity index (χ3v) is 8.64. The summed E-state index contributed by atoms with van der Waals surface area (Å²) in [6.45, 7) is 10.5. The zero-order chi connectivity index (χ0) is 28.8. The Labute approximate surface area is 239 Å². The molecule has 40 heavy (non-hydrogen) atoms. The van der Waals surface area contributed by atoms with Crippen LogP contribution < -0.4 is 0 Å². The number of aryl methyl sites for hydroxylation is 1. The van der Waals surface area contributed by atoms with Gasteiger partial charge in [0.05, 0.1) is 34.0 Å². The van der Waals surface area contributed by atoms with Gasteiger partial charge in [0.25, 0.3) is 0 Å². The maximum absolute atomic E-state index is 14.9. The van der Waals surface area contributed by atoms with Crippen molar-refractivity contribution in [3.8, 4) is 11.8 Å².